The van der Waals surface area contributed by atoms with Gasteiger partial charge in [0.2, 0.25) is 0 Å². The number of aromatic nitrogens is 2. The van der Waals surface area contributed by atoms with Crippen molar-refractivity contribution in [1.29, 1.82) is 0 Å². The first kappa shape index (κ1) is 25.3. The second kappa shape index (κ2) is 11.7. The Morgan fingerprint density at radius 2 is 1.80 bits per heavy atom. The highest BCUT2D eigenvalue weighted by molar-refractivity contribution is 6.30. The molecule has 0 aliphatic carbocycles. The quantitative estimate of drug-likeness (QED) is 0.285. The van der Waals surface area contributed by atoms with E-state index < -0.39 is 11.0 Å². The Morgan fingerprint density at radius 3 is 2.43 bits per heavy atom. The molecule has 0 radical (unpaired) electrons. The lowest BCUT2D eigenvalue weighted by Gasteiger charge is -2.33. The number of hydrogen-bond acceptors (Lipinski definition) is 6. The molecule has 0 bridgehead atoms. The maximum atomic E-state index is 10.8. The summed E-state index contributed by atoms with van der Waals surface area (Å²) in [6.45, 7) is 2.46. The van der Waals surface area contributed by atoms with Gasteiger partial charge in [-0.25, -0.2) is 0 Å². The summed E-state index contributed by atoms with van der Waals surface area (Å²) < 4.78 is 7.16. The number of nitro groups is 1. The van der Waals surface area contributed by atoms with Crippen LogP contribution in [0, 0.1) is 16.0 Å². The highest BCUT2D eigenvalue weighted by Gasteiger charge is 2.20. The molecule has 10 heteroatoms. The molecule has 1 aromatic heterocycles. The summed E-state index contributed by atoms with van der Waals surface area (Å²) in [6, 6.07) is 16.1. The summed E-state index contributed by atoms with van der Waals surface area (Å²) in [7, 11) is 0. The van der Waals surface area contributed by atoms with Crippen molar-refractivity contribution >= 4 is 34.7 Å². The summed E-state index contributed by atoms with van der Waals surface area (Å²) in [5.74, 6) is 1.05. The minimum atomic E-state index is -0.744. The maximum Gasteiger partial charge on any atom is 0.383 e. The van der Waals surface area contributed by atoms with Gasteiger partial charge in [-0.3, -0.25) is 4.57 Å². The SMILES string of the molecule is O=[N+]([O-])c1cn(CCC(O)COc2ccc(N3CCC(Cc4ccc(Cl)cc4)CC3)cc2)c(Cl)n1. The number of aliphatic hydroxyl groups is 1. The Kier molecular flexibility index (Phi) is 8.49. The fraction of sp³-hybridized carbons (Fsp3) is 0.400. The number of halogens is 2. The molecule has 0 saturated carbocycles. The largest absolute Gasteiger partial charge is 0.491 e. The van der Waals surface area contributed by atoms with Crippen molar-refractivity contribution in [2.24, 2.45) is 5.92 Å². The van der Waals surface area contributed by atoms with Crippen molar-refractivity contribution in [3.05, 3.63) is 80.7 Å². The predicted octanol–water partition coefficient (Wildman–Crippen LogP) is 5.39. The van der Waals surface area contributed by atoms with Crippen LogP contribution >= 0.6 is 23.2 Å². The van der Waals surface area contributed by atoms with E-state index in [0.717, 1.165) is 37.4 Å². The number of aliphatic hydroxyl groups excluding tert-OH is 1. The number of anilines is 1. The van der Waals surface area contributed by atoms with Crippen LogP contribution in [0.5, 0.6) is 5.75 Å². The zero-order valence-electron chi connectivity index (χ0n) is 19.2. The van der Waals surface area contributed by atoms with Gasteiger partial charge in [0.15, 0.2) is 0 Å². The van der Waals surface area contributed by atoms with E-state index in [0.29, 0.717) is 24.6 Å². The lowest BCUT2D eigenvalue weighted by molar-refractivity contribution is -0.389. The van der Waals surface area contributed by atoms with Gasteiger partial charge in [0.1, 0.15) is 18.6 Å². The van der Waals surface area contributed by atoms with Gasteiger partial charge in [0, 0.05) is 30.3 Å². The lowest BCUT2D eigenvalue weighted by Crippen LogP contribution is -2.34. The zero-order valence-corrected chi connectivity index (χ0v) is 20.7. The van der Waals surface area contributed by atoms with Crippen LogP contribution in [0.3, 0.4) is 0 Å². The minimum Gasteiger partial charge on any atom is -0.491 e. The first-order chi connectivity index (χ1) is 16.9. The van der Waals surface area contributed by atoms with Gasteiger partial charge in [-0.05, 0) is 95.1 Å². The molecule has 3 aromatic rings. The highest BCUT2D eigenvalue weighted by Crippen LogP contribution is 2.27. The number of piperidine rings is 1. The molecule has 1 fully saturated rings. The predicted molar refractivity (Wildman–Crippen MR) is 137 cm³/mol. The van der Waals surface area contributed by atoms with E-state index in [1.807, 2.05) is 36.4 Å². The van der Waals surface area contributed by atoms with Gasteiger partial charge in [-0.1, -0.05) is 23.7 Å². The van der Waals surface area contributed by atoms with Crippen LogP contribution < -0.4 is 9.64 Å². The lowest BCUT2D eigenvalue weighted by atomic mass is 9.90. The third kappa shape index (κ3) is 7.10. The Balaban J connectivity index is 1.19. The summed E-state index contributed by atoms with van der Waals surface area (Å²) in [5, 5.41) is 21.8. The van der Waals surface area contributed by atoms with Gasteiger partial charge in [0.25, 0.3) is 0 Å². The van der Waals surface area contributed by atoms with Crippen molar-refractivity contribution in [2.75, 3.05) is 24.6 Å². The van der Waals surface area contributed by atoms with Crippen molar-refractivity contribution in [3.63, 3.8) is 0 Å². The monoisotopic (exact) mass is 518 g/mol. The molecule has 4 rings (SSSR count). The molecule has 1 aliphatic heterocycles. The number of imidazole rings is 1. The molecule has 8 nitrogen and oxygen atoms in total. The topological polar surface area (TPSA) is 93.7 Å². The molecule has 1 N–H and O–H groups in total. The summed E-state index contributed by atoms with van der Waals surface area (Å²) >= 11 is 11.9. The Labute approximate surface area is 214 Å². The van der Waals surface area contributed by atoms with E-state index in [9.17, 15) is 15.2 Å². The minimum absolute atomic E-state index is 0.0226. The van der Waals surface area contributed by atoms with Gasteiger partial charge >= 0.3 is 11.1 Å². The van der Waals surface area contributed by atoms with E-state index >= 15 is 0 Å². The number of nitrogens with zero attached hydrogens (tertiary/aromatic N) is 4. The van der Waals surface area contributed by atoms with Crippen molar-refractivity contribution < 1.29 is 14.8 Å². The molecule has 35 heavy (non-hydrogen) atoms. The van der Waals surface area contributed by atoms with Crippen molar-refractivity contribution in [2.45, 2.75) is 38.3 Å². The Hall–Kier alpha value is -2.81. The van der Waals surface area contributed by atoms with Crippen molar-refractivity contribution in [1.82, 2.24) is 9.55 Å². The van der Waals surface area contributed by atoms with Gasteiger partial charge < -0.3 is 24.9 Å². The van der Waals surface area contributed by atoms with Gasteiger partial charge in [0.05, 0.1) is 6.10 Å². The molecule has 1 aliphatic rings. The fourth-order valence-corrected chi connectivity index (χ4v) is 4.64. The standard InChI is InChI=1S/C25H28Cl2N4O4/c26-20-3-1-18(2-4-20)15-19-9-12-29(13-10-19)21-5-7-23(8-6-21)35-17-22(32)11-14-30-16-24(31(33)34)28-25(30)27/h1-8,16,19,22,32H,9-15,17H2. The first-order valence-corrected chi connectivity index (χ1v) is 12.4. The highest BCUT2D eigenvalue weighted by atomic mass is 35.5. The van der Waals surface area contributed by atoms with E-state index in [2.05, 4.69) is 22.0 Å². The van der Waals surface area contributed by atoms with Crippen LogP contribution in [0.2, 0.25) is 10.3 Å². The zero-order chi connectivity index (χ0) is 24.8. The summed E-state index contributed by atoms with van der Waals surface area (Å²) in [5.41, 5.74) is 2.50. The summed E-state index contributed by atoms with van der Waals surface area (Å²) in [6.07, 6.45) is 4.23. The number of hydrogen-bond donors (Lipinski definition) is 1. The molecule has 2 aromatic carbocycles. The van der Waals surface area contributed by atoms with E-state index in [1.54, 1.807) is 0 Å². The molecule has 186 valence electrons. The van der Waals surface area contributed by atoms with E-state index in [4.69, 9.17) is 27.9 Å². The van der Waals surface area contributed by atoms with Gasteiger partial charge in [-0.15, -0.1) is 0 Å². The number of rotatable bonds is 10. The average molecular weight is 519 g/mol. The van der Waals surface area contributed by atoms with Crippen LogP contribution in [-0.2, 0) is 13.0 Å². The molecule has 2 heterocycles. The van der Waals surface area contributed by atoms with Gasteiger partial charge in [-0.2, -0.15) is 0 Å². The van der Waals surface area contributed by atoms with E-state index in [-0.39, 0.29) is 17.7 Å². The summed E-state index contributed by atoms with van der Waals surface area (Å²) in [4.78, 5) is 16.2. The molecule has 0 amide bonds. The van der Waals surface area contributed by atoms with Crippen LogP contribution in [0.4, 0.5) is 11.5 Å². The van der Waals surface area contributed by atoms with Crippen LogP contribution in [0.25, 0.3) is 0 Å². The second-order valence-corrected chi connectivity index (χ2v) is 9.60. The third-order valence-electron chi connectivity index (χ3n) is 6.30. The molecular weight excluding hydrogens is 491 g/mol. The molecule has 1 unspecified atom stereocenters. The second-order valence-electron chi connectivity index (χ2n) is 8.83. The fourth-order valence-electron chi connectivity index (χ4n) is 4.29. The molecule has 0 spiro atoms. The molecule has 1 atom stereocenters. The van der Waals surface area contributed by atoms with E-state index in [1.165, 1.54) is 22.0 Å². The number of ether oxygens (including phenoxy) is 1. The third-order valence-corrected chi connectivity index (χ3v) is 6.86. The Morgan fingerprint density at radius 1 is 1.11 bits per heavy atom. The van der Waals surface area contributed by atoms with Crippen LogP contribution in [-0.4, -0.2) is 45.4 Å². The molecular formula is C25H28Cl2N4O4. The number of benzene rings is 2. The first-order valence-electron chi connectivity index (χ1n) is 11.6. The average Bonchev–Trinajstić information content (AvgIpc) is 3.24. The smallest absolute Gasteiger partial charge is 0.383 e. The van der Waals surface area contributed by atoms with Crippen LogP contribution in [0.15, 0.2) is 54.7 Å². The molecule has 1 saturated heterocycles. The normalized spacial score (nSPS) is 15.2. The Bertz CT molecular complexity index is 1110. The van der Waals surface area contributed by atoms with Crippen LogP contribution in [0.1, 0.15) is 24.8 Å². The number of aryl methyl sites for hydroxylation is 1. The maximum absolute atomic E-state index is 10.8. The van der Waals surface area contributed by atoms with Crippen molar-refractivity contribution in [3.8, 4) is 5.75 Å².